The Morgan fingerprint density at radius 3 is 2.20 bits per heavy atom. The number of benzene rings is 2. The Bertz CT molecular complexity index is 738. The summed E-state index contributed by atoms with van der Waals surface area (Å²) < 4.78 is 2.15. The molecule has 1 heterocycles. The first kappa shape index (κ1) is 18.6. The van der Waals surface area contributed by atoms with Crippen molar-refractivity contribution in [1.29, 1.82) is 0 Å². The highest BCUT2D eigenvalue weighted by Crippen LogP contribution is 2.24. The number of aryl methyl sites for hydroxylation is 1. The molecule has 132 valence electrons. The molecule has 1 amide bonds. The average Bonchev–Trinajstić information content (AvgIpc) is 2.61. The lowest BCUT2D eigenvalue weighted by Crippen LogP contribution is -2.48. The number of halogens is 2. The fraction of sp³-hybridized carbons (Fsp3) is 0.350. The number of hydrogen-bond donors (Lipinski definition) is 0. The molecule has 0 aliphatic carbocycles. The zero-order chi connectivity index (χ0) is 17.8. The summed E-state index contributed by atoms with van der Waals surface area (Å²) in [5, 5.41) is 0. The van der Waals surface area contributed by atoms with E-state index in [2.05, 4.69) is 86.1 Å². The van der Waals surface area contributed by atoms with E-state index >= 15 is 0 Å². The van der Waals surface area contributed by atoms with Gasteiger partial charge < -0.3 is 4.90 Å². The van der Waals surface area contributed by atoms with Gasteiger partial charge in [-0.3, -0.25) is 9.69 Å². The highest BCUT2D eigenvalue weighted by molar-refractivity contribution is 9.13. The number of amides is 1. The average molecular weight is 466 g/mol. The fourth-order valence-electron chi connectivity index (χ4n) is 3.04. The Hall–Kier alpha value is -1.17. The summed E-state index contributed by atoms with van der Waals surface area (Å²) in [6, 6.07) is 14.6. The van der Waals surface area contributed by atoms with Gasteiger partial charge in [-0.1, -0.05) is 35.9 Å². The standard InChI is InChI=1S/C20H22Br2N2O/c1-15-2-4-16(5-3-15)13-20(25)24-10-8-23(9-11-24)14-17-6-7-18(21)19(22)12-17/h2-7,12H,8-11,13-14H2,1H3. The van der Waals surface area contributed by atoms with Crippen LogP contribution in [0.25, 0.3) is 0 Å². The molecule has 1 saturated heterocycles. The van der Waals surface area contributed by atoms with Crippen molar-refractivity contribution in [2.45, 2.75) is 19.9 Å². The molecule has 0 unspecified atom stereocenters. The van der Waals surface area contributed by atoms with E-state index in [4.69, 9.17) is 0 Å². The lowest BCUT2D eigenvalue weighted by Gasteiger charge is -2.35. The second-order valence-corrected chi connectivity index (χ2v) is 8.28. The largest absolute Gasteiger partial charge is 0.340 e. The minimum atomic E-state index is 0.231. The molecule has 25 heavy (non-hydrogen) atoms. The van der Waals surface area contributed by atoms with E-state index in [1.807, 2.05) is 4.90 Å². The van der Waals surface area contributed by atoms with E-state index < -0.39 is 0 Å². The predicted octanol–water partition coefficient (Wildman–Crippen LogP) is 4.41. The van der Waals surface area contributed by atoms with Crippen LogP contribution in [0.2, 0.25) is 0 Å². The number of nitrogens with zero attached hydrogens (tertiary/aromatic N) is 2. The SMILES string of the molecule is Cc1ccc(CC(=O)N2CCN(Cc3ccc(Br)c(Br)c3)CC2)cc1. The van der Waals surface area contributed by atoms with Gasteiger partial charge in [-0.05, 0) is 62.0 Å². The van der Waals surface area contributed by atoms with Crippen molar-refractivity contribution in [2.75, 3.05) is 26.2 Å². The van der Waals surface area contributed by atoms with Crippen molar-refractivity contribution in [1.82, 2.24) is 9.80 Å². The third-order valence-corrected chi connectivity index (χ3v) is 6.47. The zero-order valence-corrected chi connectivity index (χ0v) is 17.5. The first-order chi connectivity index (χ1) is 12.0. The van der Waals surface area contributed by atoms with Crippen molar-refractivity contribution in [3.05, 3.63) is 68.1 Å². The number of carbonyl (C=O) groups excluding carboxylic acids is 1. The van der Waals surface area contributed by atoms with Crippen molar-refractivity contribution in [2.24, 2.45) is 0 Å². The molecule has 5 heteroatoms. The molecule has 1 fully saturated rings. The molecule has 0 bridgehead atoms. The molecule has 0 atom stereocenters. The van der Waals surface area contributed by atoms with Crippen LogP contribution < -0.4 is 0 Å². The van der Waals surface area contributed by atoms with Crippen LogP contribution in [-0.4, -0.2) is 41.9 Å². The Morgan fingerprint density at radius 1 is 0.920 bits per heavy atom. The van der Waals surface area contributed by atoms with Gasteiger partial charge >= 0.3 is 0 Å². The Labute approximate surface area is 166 Å². The number of hydrogen-bond acceptors (Lipinski definition) is 2. The van der Waals surface area contributed by atoms with Crippen LogP contribution in [0.3, 0.4) is 0 Å². The van der Waals surface area contributed by atoms with E-state index in [0.717, 1.165) is 47.2 Å². The van der Waals surface area contributed by atoms with E-state index in [0.29, 0.717) is 6.42 Å². The molecular weight excluding hydrogens is 444 g/mol. The van der Waals surface area contributed by atoms with Gasteiger partial charge in [0.25, 0.3) is 0 Å². The maximum absolute atomic E-state index is 12.5. The van der Waals surface area contributed by atoms with Gasteiger partial charge in [-0.2, -0.15) is 0 Å². The molecule has 1 aliphatic heterocycles. The Morgan fingerprint density at radius 2 is 1.56 bits per heavy atom. The summed E-state index contributed by atoms with van der Waals surface area (Å²) in [6.45, 7) is 6.45. The van der Waals surface area contributed by atoms with E-state index in [1.165, 1.54) is 11.1 Å². The van der Waals surface area contributed by atoms with Gasteiger partial charge in [-0.25, -0.2) is 0 Å². The van der Waals surface area contributed by atoms with Crippen molar-refractivity contribution in [3.8, 4) is 0 Å². The first-order valence-electron chi connectivity index (χ1n) is 8.51. The van der Waals surface area contributed by atoms with Crippen LogP contribution in [-0.2, 0) is 17.8 Å². The number of rotatable bonds is 4. The van der Waals surface area contributed by atoms with Crippen LogP contribution in [0.15, 0.2) is 51.4 Å². The van der Waals surface area contributed by atoms with Crippen LogP contribution >= 0.6 is 31.9 Å². The summed E-state index contributed by atoms with van der Waals surface area (Å²) in [5.74, 6) is 0.231. The highest BCUT2D eigenvalue weighted by Gasteiger charge is 2.21. The third-order valence-electron chi connectivity index (χ3n) is 4.59. The number of carbonyl (C=O) groups is 1. The first-order valence-corrected chi connectivity index (χ1v) is 10.1. The second kappa shape index (κ2) is 8.47. The van der Waals surface area contributed by atoms with Gasteiger partial charge in [0.05, 0.1) is 6.42 Å². The molecule has 3 rings (SSSR count). The minimum Gasteiger partial charge on any atom is -0.340 e. The van der Waals surface area contributed by atoms with Gasteiger partial charge in [0.15, 0.2) is 0 Å². The highest BCUT2D eigenvalue weighted by atomic mass is 79.9. The molecule has 2 aromatic carbocycles. The lowest BCUT2D eigenvalue weighted by atomic mass is 10.1. The normalized spacial score (nSPS) is 15.4. The van der Waals surface area contributed by atoms with E-state index in [1.54, 1.807) is 0 Å². The summed E-state index contributed by atoms with van der Waals surface area (Å²) in [6.07, 6.45) is 0.500. The molecular formula is C20H22Br2N2O. The molecule has 3 nitrogen and oxygen atoms in total. The molecule has 0 aromatic heterocycles. The van der Waals surface area contributed by atoms with Gasteiger partial charge in [0.2, 0.25) is 5.91 Å². The van der Waals surface area contributed by atoms with Crippen LogP contribution in [0.4, 0.5) is 0 Å². The summed E-state index contributed by atoms with van der Waals surface area (Å²) in [5.41, 5.74) is 3.61. The quantitative estimate of drug-likeness (QED) is 0.667. The van der Waals surface area contributed by atoms with Crippen LogP contribution in [0, 0.1) is 6.92 Å². The molecule has 2 aromatic rings. The molecule has 0 spiro atoms. The smallest absolute Gasteiger partial charge is 0.227 e. The van der Waals surface area contributed by atoms with Gasteiger partial charge in [0.1, 0.15) is 0 Å². The van der Waals surface area contributed by atoms with Crippen LogP contribution in [0.1, 0.15) is 16.7 Å². The second-order valence-electron chi connectivity index (χ2n) is 6.57. The fourth-order valence-corrected chi connectivity index (χ4v) is 3.72. The minimum absolute atomic E-state index is 0.231. The van der Waals surface area contributed by atoms with Gasteiger partial charge in [0, 0.05) is 41.7 Å². The zero-order valence-electron chi connectivity index (χ0n) is 14.3. The predicted molar refractivity (Wildman–Crippen MR) is 109 cm³/mol. The molecule has 0 radical (unpaired) electrons. The summed E-state index contributed by atoms with van der Waals surface area (Å²) in [7, 11) is 0. The lowest BCUT2D eigenvalue weighted by molar-refractivity contribution is -0.132. The topological polar surface area (TPSA) is 23.6 Å². The van der Waals surface area contributed by atoms with Crippen molar-refractivity contribution in [3.63, 3.8) is 0 Å². The Kier molecular flexibility index (Phi) is 6.31. The van der Waals surface area contributed by atoms with Crippen molar-refractivity contribution >= 4 is 37.8 Å². The van der Waals surface area contributed by atoms with E-state index in [9.17, 15) is 4.79 Å². The summed E-state index contributed by atoms with van der Waals surface area (Å²) >= 11 is 7.06. The maximum atomic E-state index is 12.5. The molecule has 0 saturated carbocycles. The van der Waals surface area contributed by atoms with Gasteiger partial charge in [-0.15, -0.1) is 0 Å². The van der Waals surface area contributed by atoms with Crippen LogP contribution in [0.5, 0.6) is 0 Å². The molecule has 0 N–H and O–H groups in total. The number of piperazine rings is 1. The third kappa shape index (κ3) is 5.16. The van der Waals surface area contributed by atoms with E-state index in [-0.39, 0.29) is 5.91 Å². The van der Waals surface area contributed by atoms with Crippen molar-refractivity contribution < 1.29 is 4.79 Å². The monoisotopic (exact) mass is 464 g/mol. The Balaban J connectivity index is 1.50. The maximum Gasteiger partial charge on any atom is 0.227 e. The molecule has 1 aliphatic rings. The summed E-state index contributed by atoms with van der Waals surface area (Å²) in [4.78, 5) is 16.9.